The molecule has 102 valence electrons. The topological polar surface area (TPSA) is 43.8 Å². The largest absolute Gasteiger partial charge is 0.399 e. The maximum absolute atomic E-state index is 13.3. The van der Waals surface area contributed by atoms with Gasteiger partial charge in [0.25, 0.3) is 0 Å². The van der Waals surface area contributed by atoms with Gasteiger partial charge in [-0.1, -0.05) is 6.92 Å². The molecule has 0 amide bonds. The molecule has 0 radical (unpaired) electrons. The molecule has 0 aliphatic carbocycles. The van der Waals surface area contributed by atoms with Crippen LogP contribution in [-0.4, -0.2) is 9.55 Å². The quantitative estimate of drug-likeness (QED) is 0.722. The van der Waals surface area contributed by atoms with Gasteiger partial charge in [0, 0.05) is 12.1 Å². The van der Waals surface area contributed by atoms with Crippen LogP contribution in [0.1, 0.15) is 18.3 Å². The second-order valence-electron chi connectivity index (χ2n) is 4.90. The highest BCUT2D eigenvalue weighted by Crippen LogP contribution is 2.26. The van der Waals surface area contributed by atoms with Crippen molar-refractivity contribution >= 4 is 16.7 Å². The third kappa shape index (κ3) is 1.93. The third-order valence-corrected chi connectivity index (χ3v) is 3.46. The average Bonchev–Trinajstić information content (AvgIpc) is 2.76. The van der Waals surface area contributed by atoms with Crippen LogP contribution in [0.2, 0.25) is 0 Å². The van der Waals surface area contributed by atoms with Gasteiger partial charge in [-0.05, 0) is 48.9 Å². The summed E-state index contributed by atoms with van der Waals surface area (Å²) in [7, 11) is 0. The minimum Gasteiger partial charge on any atom is -0.399 e. The highest BCUT2D eigenvalue weighted by atomic mass is 19.1. The number of rotatable bonds is 2. The van der Waals surface area contributed by atoms with E-state index >= 15 is 0 Å². The molecule has 4 heteroatoms. The van der Waals surface area contributed by atoms with Gasteiger partial charge >= 0.3 is 0 Å². The van der Waals surface area contributed by atoms with Crippen molar-refractivity contribution in [3.8, 4) is 5.69 Å². The Labute approximate surface area is 116 Å². The maximum Gasteiger partial charge on any atom is 0.123 e. The summed E-state index contributed by atoms with van der Waals surface area (Å²) in [5, 5.41) is 0. The SMILES string of the molecule is CCc1nc2cc(N)ccc2n1-c1ccc(F)cc1C. The third-order valence-electron chi connectivity index (χ3n) is 3.46. The zero-order chi connectivity index (χ0) is 14.3. The molecule has 3 rings (SSSR count). The lowest BCUT2D eigenvalue weighted by Gasteiger charge is -2.11. The maximum atomic E-state index is 13.3. The summed E-state index contributed by atoms with van der Waals surface area (Å²) < 4.78 is 15.4. The van der Waals surface area contributed by atoms with E-state index in [9.17, 15) is 4.39 Å². The van der Waals surface area contributed by atoms with E-state index in [0.29, 0.717) is 5.69 Å². The first kappa shape index (κ1) is 12.7. The molecule has 20 heavy (non-hydrogen) atoms. The Hall–Kier alpha value is -2.36. The molecule has 0 saturated carbocycles. The van der Waals surface area contributed by atoms with Gasteiger partial charge in [-0.25, -0.2) is 9.37 Å². The number of nitrogen functional groups attached to an aromatic ring is 1. The molecule has 0 saturated heterocycles. The smallest absolute Gasteiger partial charge is 0.123 e. The van der Waals surface area contributed by atoms with Gasteiger partial charge in [-0.15, -0.1) is 0 Å². The van der Waals surface area contributed by atoms with E-state index in [2.05, 4.69) is 16.5 Å². The number of nitrogens with zero attached hydrogens (tertiary/aromatic N) is 2. The van der Waals surface area contributed by atoms with Crippen molar-refractivity contribution in [2.24, 2.45) is 0 Å². The Morgan fingerprint density at radius 3 is 2.70 bits per heavy atom. The van der Waals surface area contributed by atoms with Crippen molar-refractivity contribution in [1.29, 1.82) is 0 Å². The fraction of sp³-hybridized carbons (Fsp3) is 0.188. The summed E-state index contributed by atoms with van der Waals surface area (Å²) in [4.78, 5) is 4.62. The minimum absolute atomic E-state index is 0.224. The highest BCUT2D eigenvalue weighted by Gasteiger charge is 2.13. The zero-order valence-electron chi connectivity index (χ0n) is 11.5. The Morgan fingerprint density at radius 2 is 2.00 bits per heavy atom. The molecule has 3 aromatic rings. The number of halogens is 1. The number of aromatic nitrogens is 2. The van der Waals surface area contributed by atoms with Crippen LogP contribution in [0.25, 0.3) is 16.7 Å². The van der Waals surface area contributed by atoms with Gasteiger partial charge < -0.3 is 5.73 Å². The second-order valence-corrected chi connectivity index (χ2v) is 4.90. The van der Waals surface area contributed by atoms with Crippen LogP contribution < -0.4 is 5.73 Å². The molecule has 1 aromatic heterocycles. The van der Waals surface area contributed by atoms with E-state index in [1.807, 2.05) is 25.1 Å². The van der Waals surface area contributed by atoms with Crippen LogP contribution in [0.3, 0.4) is 0 Å². The highest BCUT2D eigenvalue weighted by molar-refractivity contribution is 5.81. The summed E-state index contributed by atoms with van der Waals surface area (Å²) in [5.41, 5.74) is 10.2. The van der Waals surface area contributed by atoms with Crippen LogP contribution in [0.4, 0.5) is 10.1 Å². The van der Waals surface area contributed by atoms with Crippen molar-refractivity contribution < 1.29 is 4.39 Å². The molecule has 1 heterocycles. The van der Waals surface area contributed by atoms with Crippen LogP contribution in [0, 0.1) is 12.7 Å². The predicted molar refractivity (Wildman–Crippen MR) is 79.6 cm³/mol. The van der Waals surface area contributed by atoms with Gasteiger partial charge in [0.15, 0.2) is 0 Å². The summed E-state index contributed by atoms with van der Waals surface area (Å²) in [5.74, 6) is 0.721. The summed E-state index contributed by atoms with van der Waals surface area (Å²) in [6, 6.07) is 10.5. The zero-order valence-corrected chi connectivity index (χ0v) is 11.5. The second kappa shape index (κ2) is 4.63. The lowest BCUT2D eigenvalue weighted by Crippen LogP contribution is -2.02. The van der Waals surface area contributed by atoms with E-state index in [0.717, 1.165) is 34.5 Å². The minimum atomic E-state index is -0.224. The molecular formula is C16H16FN3. The number of anilines is 1. The number of nitrogens with two attached hydrogens (primary N) is 1. The number of fused-ring (bicyclic) bond motifs is 1. The van der Waals surface area contributed by atoms with E-state index in [1.165, 1.54) is 12.1 Å². The van der Waals surface area contributed by atoms with Crippen LogP contribution in [0.15, 0.2) is 36.4 Å². The lowest BCUT2D eigenvalue weighted by atomic mass is 10.2. The van der Waals surface area contributed by atoms with Crippen molar-refractivity contribution in [2.45, 2.75) is 20.3 Å². The van der Waals surface area contributed by atoms with E-state index in [-0.39, 0.29) is 5.82 Å². The fourth-order valence-corrected chi connectivity index (χ4v) is 2.52. The number of aryl methyl sites for hydroxylation is 2. The summed E-state index contributed by atoms with van der Waals surface area (Å²) in [6.45, 7) is 3.96. The number of benzene rings is 2. The van der Waals surface area contributed by atoms with Crippen LogP contribution in [-0.2, 0) is 6.42 Å². The molecule has 0 spiro atoms. The van der Waals surface area contributed by atoms with Crippen molar-refractivity contribution in [2.75, 3.05) is 5.73 Å². The Bertz CT molecular complexity index is 790. The van der Waals surface area contributed by atoms with Gasteiger partial charge in [-0.3, -0.25) is 4.57 Å². The van der Waals surface area contributed by atoms with Gasteiger partial charge in [0.05, 0.1) is 16.7 Å². The van der Waals surface area contributed by atoms with Crippen LogP contribution in [0.5, 0.6) is 0 Å². The Kier molecular flexibility index (Phi) is 2.93. The molecule has 3 nitrogen and oxygen atoms in total. The first-order valence-electron chi connectivity index (χ1n) is 6.63. The standard InChI is InChI=1S/C16H16FN3/c1-3-16-19-13-9-12(18)5-7-15(13)20(16)14-6-4-11(17)8-10(14)2/h4-9H,3,18H2,1-2H3. The monoisotopic (exact) mass is 269 g/mol. The molecule has 0 aliphatic rings. The first-order chi connectivity index (χ1) is 9.60. The molecule has 0 aliphatic heterocycles. The molecule has 0 bridgehead atoms. The number of imidazole rings is 1. The molecule has 2 N–H and O–H groups in total. The average molecular weight is 269 g/mol. The number of hydrogen-bond donors (Lipinski definition) is 1. The van der Waals surface area contributed by atoms with E-state index < -0.39 is 0 Å². The van der Waals surface area contributed by atoms with Crippen molar-refractivity contribution in [3.63, 3.8) is 0 Å². The Balaban J connectivity index is 2.34. The van der Waals surface area contributed by atoms with Gasteiger partial charge in [0.1, 0.15) is 11.6 Å². The van der Waals surface area contributed by atoms with E-state index in [1.54, 1.807) is 6.07 Å². The molecule has 0 fully saturated rings. The molecule has 0 unspecified atom stereocenters. The van der Waals surface area contributed by atoms with E-state index in [4.69, 9.17) is 5.73 Å². The first-order valence-corrected chi connectivity index (χ1v) is 6.63. The van der Waals surface area contributed by atoms with Crippen molar-refractivity contribution in [3.05, 3.63) is 53.6 Å². The van der Waals surface area contributed by atoms with Gasteiger partial charge in [0.2, 0.25) is 0 Å². The number of hydrogen-bond acceptors (Lipinski definition) is 2. The predicted octanol–water partition coefficient (Wildman–Crippen LogP) is 3.62. The lowest BCUT2D eigenvalue weighted by molar-refractivity contribution is 0.626. The normalized spacial score (nSPS) is 11.2. The summed E-state index contributed by atoms with van der Waals surface area (Å²) >= 11 is 0. The van der Waals surface area contributed by atoms with Gasteiger partial charge in [-0.2, -0.15) is 0 Å². The van der Waals surface area contributed by atoms with Crippen LogP contribution >= 0.6 is 0 Å². The molecule has 2 aromatic carbocycles. The Morgan fingerprint density at radius 1 is 1.20 bits per heavy atom. The summed E-state index contributed by atoms with van der Waals surface area (Å²) in [6.07, 6.45) is 0.797. The fourth-order valence-electron chi connectivity index (χ4n) is 2.52. The molecular weight excluding hydrogens is 253 g/mol. The van der Waals surface area contributed by atoms with Crippen molar-refractivity contribution in [1.82, 2.24) is 9.55 Å². The molecule has 0 atom stereocenters.